The second kappa shape index (κ2) is 8.31. The molecule has 5 nitrogen and oxygen atoms in total. The second-order valence-electron chi connectivity index (χ2n) is 6.87. The van der Waals surface area contributed by atoms with E-state index >= 15 is 0 Å². The van der Waals surface area contributed by atoms with E-state index in [9.17, 15) is 4.79 Å². The quantitative estimate of drug-likeness (QED) is 0.868. The van der Waals surface area contributed by atoms with E-state index in [-0.39, 0.29) is 17.9 Å². The third kappa shape index (κ3) is 6.20. The zero-order chi connectivity index (χ0) is 16.7. The summed E-state index contributed by atoms with van der Waals surface area (Å²) in [6.07, 6.45) is 0. The molecule has 0 atom stereocenters. The van der Waals surface area contributed by atoms with Gasteiger partial charge in [-0.25, -0.2) is 0 Å². The van der Waals surface area contributed by atoms with Crippen molar-refractivity contribution in [2.75, 3.05) is 46.0 Å². The van der Waals surface area contributed by atoms with Gasteiger partial charge in [-0.1, -0.05) is 32.9 Å². The number of hydrogen-bond donors (Lipinski definition) is 1. The van der Waals surface area contributed by atoms with Crippen LogP contribution < -0.4 is 10.1 Å². The molecular formula is C18H28N2O3. The summed E-state index contributed by atoms with van der Waals surface area (Å²) in [6.45, 7) is 11.5. The van der Waals surface area contributed by atoms with E-state index < -0.39 is 0 Å². The molecule has 1 aliphatic heterocycles. The Labute approximate surface area is 139 Å². The van der Waals surface area contributed by atoms with Gasteiger partial charge in [0.2, 0.25) is 0 Å². The van der Waals surface area contributed by atoms with E-state index in [1.807, 2.05) is 18.2 Å². The Bertz CT molecular complexity index is 505. The zero-order valence-electron chi connectivity index (χ0n) is 14.4. The molecule has 1 aromatic rings. The first-order valence-corrected chi connectivity index (χ1v) is 8.25. The number of rotatable bonds is 6. The highest BCUT2D eigenvalue weighted by molar-refractivity contribution is 5.77. The predicted octanol–water partition coefficient (Wildman–Crippen LogP) is 1.81. The van der Waals surface area contributed by atoms with Gasteiger partial charge >= 0.3 is 0 Å². The van der Waals surface area contributed by atoms with Gasteiger partial charge in [-0.15, -0.1) is 0 Å². The van der Waals surface area contributed by atoms with Crippen molar-refractivity contribution >= 4 is 5.91 Å². The summed E-state index contributed by atoms with van der Waals surface area (Å²) in [5, 5.41) is 2.90. The molecule has 5 heteroatoms. The van der Waals surface area contributed by atoms with Crippen LogP contribution in [-0.4, -0.2) is 56.8 Å². The molecule has 23 heavy (non-hydrogen) atoms. The normalized spacial score (nSPS) is 16.1. The monoisotopic (exact) mass is 320 g/mol. The number of hydrogen-bond acceptors (Lipinski definition) is 4. The minimum absolute atomic E-state index is 0.0523. The minimum atomic E-state index is -0.0839. The van der Waals surface area contributed by atoms with Crippen LogP contribution in [0.25, 0.3) is 0 Å². The summed E-state index contributed by atoms with van der Waals surface area (Å²) in [5.74, 6) is 0.653. The summed E-state index contributed by atoms with van der Waals surface area (Å²) in [7, 11) is 0. The fraction of sp³-hybridized carbons (Fsp3) is 0.611. The molecule has 1 fully saturated rings. The predicted molar refractivity (Wildman–Crippen MR) is 90.9 cm³/mol. The Kier molecular flexibility index (Phi) is 6.42. The Morgan fingerprint density at radius 1 is 1.30 bits per heavy atom. The average Bonchev–Trinajstić information content (AvgIpc) is 2.53. The first kappa shape index (κ1) is 17.8. The number of amides is 1. The SMILES string of the molecule is CC(C)(C)c1cccc(OCC(=O)NCCN2CCOCC2)c1. The molecule has 1 aromatic carbocycles. The van der Waals surface area contributed by atoms with Crippen LogP contribution in [0.3, 0.4) is 0 Å². The molecular weight excluding hydrogens is 292 g/mol. The highest BCUT2D eigenvalue weighted by atomic mass is 16.5. The Balaban J connectivity index is 1.69. The Morgan fingerprint density at radius 2 is 2.04 bits per heavy atom. The molecule has 0 unspecified atom stereocenters. The van der Waals surface area contributed by atoms with Crippen molar-refractivity contribution in [3.63, 3.8) is 0 Å². The third-order valence-electron chi connectivity index (χ3n) is 3.92. The first-order valence-electron chi connectivity index (χ1n) is 8.25. The maximum Gasteiger partial charge on any atom is 0.257 e. The molecule has 0 aromatic heterocycles. The van der Waals surface area contributed by atoms with Crippen molar-refractivity contribution in [1.29, 1.82) is 0 Å². The molecule has 0 saturated carbocycles. The summed E-state index contributed by atoms with van der Waals surface area (Å²) >= 11 is 0. The minimum Gasteiger partial charge on any atom is -0.484 e. The summed E-state index contributed by atoms with van der Waals surface area (Å²) in [6, 6.07) is 7.93. The van der Waals surface area contributed by atoms with Crippen LogP contribution >= 0.6 is 0 Å². The van der Waals surface area contributed by atoms with Crippen molar-refractivity contribution < 1.29 is 14.3 Å². The number of carbonyl (C=O) groups is 1. The van der Waals surface area contributed by atoms with E-state index in [0.717, 1.165) is 38.6 Å². The average molecular weight is 320 g/mol. The van der Waals surface area contributed by atoms with Crippen LogP contribution in [0.15, 0.2) is 24.3 Å². The topological polar surface area (TPSA) is 50.8 Å². The van der Waals surface area contributed by atoms with Crippen LogP contribution in [-0.2, 0) is 14.9 Å². The van der Waals surface area contributed by atoms with E-state index in [2.05, 4.69) is 37.1 Å². The van der Waals surface area contributed by atoms with Crippen molar-refractivity contribution in [2.24, 2.45) is 0 Å². The van der Waals surface area contributed by atoms with Crippen LogP contribution in [0.4, 0.5) is 0 Å². The molecule has 1 heterocycles. The van der Waals surface area contributed by atoms with Gasteiger partial charge in [0.1, 0.15) is 5.75 Å². The highest BCUT2D eigenvalue weighted by Gasteiger charge is 2.14. The number of nitrogens with one attached hydrogen (secondary N) is 1. The van der Waals surface area contributed by atoms with Gasteiger partial charge in [-0.05, 0) is 23.1 Å². The summed E-state index contributed by atoms with van der Waals surface area (Å²) in [5.41, 5.74) is 1.27. The van der Waals surface area contributed by atoms with E-state index in [1.165, 1.54) is 5.56 Å². The third-order valence-corrected chi connectivity index (χ3v) is 3.92. The molecule has 1 N–H and O–H groups in total. The second-order valence-corrected chi connectivity index (χ2v) is 6.87. The molecule has 1 saturated heterocycles. The molecule has 128 valence electrons. The number of nitrogens with zero attached hydrogens (tertiary/aromatic N) is 1. The summed E-state index contributed by atoms with van der Waals surface area (Å²) in [4.78, 5) is 14.1. The van der Waals surface area contributed by atoms with Crippen LogP contribution in [0.2, 0.25) is 0 Å². The fourth-order valence-electron chi connectivity index (χ4n) is 2.43. The van der Waals surface area contributed by atoms with Gasteiger partial charge < -0.3 is 14.8 Å². The lowest BCUT2D eigenvalue weighted by Gasteiger charge is -2.26. The van der Waals surface area contributed by atoms with Gasteiger partial charge in [0.05, 0.1) is 13.2 Å². The molecule has 0 aliphatic carbocycles. The van der Waals surface area contributed by atoms with Crippen LogP contribution in [0.5, 0.6) is 5.75 Å². The molecule has 1 amide bonds. The number of benzene rings is 1. The van der Waals surface area contributed by atoms with Crippen molar-refractivity contribution in [3.05, 3.63) is 29.8 Å². The molecule has 0 spiro atoms. The lowest BCUT2D eigenvalue weighted by molar-refractivity contribution is -0.123. The van der Waals surface area contributed by atoms with Gasteiger partial charge in [-0.3, -0.25) is 9.69 Å². The van der Waals surface area contributed by atoms with Crippen LogP contribution in [0, 0.1) is 0 Å². The van der Waals surface area contributed by atoms with Crippen molar-refractivity contribution in [1.82, 2.24) is 10.2 Å². The van der Waals surface area contributed by atoms with Gasteiger partial charge in [-0.2, -0.15) is 0 Å². The van der Waals surface area contributed by atoms with Crippen molar-refractivity contribution in [2.45, 2.75) is 26.2 Å². The largest absolute Gasteiger partial charge is 0.484 e. The van der Waals surface area contributed by atoms with Crippen molar-refractivity contribution in [3.8, 4) is 5.75 Å². The number of ether oxygens (including phenoxy) is 2. The lowest BCUT2D eigenvalue weighted by atomic mass is 9.87. The van der Waals surface area contributed by atoms with Gasteiger partial charge in [0, 0.05) is 26.2 Å². The fourth-order valence-corrected chi connectivity index (χ4v) is 2.43. The number of morpholine rings is 1. The zero-order valence-corrected chi connectivity index (χ0v) is 14.4. The van der Waals surface area contributed by atoms with E-state index in [4.69, 9.17) is 9.47 Å². The maximum atomic E-state index is 11.9. The maximum absolute atomic E-state index is 11.9. The molecule has 2 rings (SSSR count). The Hall–Kier alpha value is -1.59. The number of carbonyl (C=O) groups excluding carboxylic acids is 1. The highest BCUT2D eigenvalue weighted by Crippen LogP contribution is 2.25. The summed E-state index contributed by atoms with van der Waals surface area (Å²) < 4.78 is 10.9. The molecule has 1 aliphatic rings. The van der Waals surface area contributed by atoms with E-state index in [1.54, 1.807) is 0 Å². The smallest absolute Gasteiger partial charge is 0.257 e. The van der Waals surface area contributed by atoms with Crippen LogP contribution in [0.1, 0.15) is 26.3 Å². The van der Waals surface area contributed by atoms with E-state index in [0.29, 0.717) is 6.54 Å². The van der Waals surface area contributed by atoms with Gasteiger partial charge in [0.25, 0.3) is 5.91 Å². The molecule has 0 bridgehead atoms. The standard InChI is InChI=1S/C18H28N2O3/c1-18(2,3)15-5-4-6-16(13-15)23-14-17(21)19-7-8-20-9-11-22-12-10-20/h4-6,13H,7-12,14H2,1-3H3,(H,19,21). The van der Waals surface area contributed by atoms with Gasteiger partial charge in [0.15, 0.2) is 6.61 Å². The first-order chi connectivity index (χ1) is 10.9. The molecule has 0 radical (unpaired) electrons. The lowest BCUT2D eigenvalue weighted by Crippen LogP contribution is -2.42. The Morgan fingerprint density at radius 3 is 2.74 bits per heavy atom.